The molecule has 5 nitrogen and oxygen atoms in total. The fourth-order valence-corrected chi connectivity index (χ4v) is 5.88. The second-order valence-electron chi connectivity index (χ2n) is 8.54. The number of carbonyl (C=O) groups is 1. The van der Waals surface area contributed by atoms with Crippen molar-refractivity contribution in [2.75, 3.05) is 20.6 Å². The number of likely N-dealkylation sites (N-methyl/N-ethyl adjacent to an activating group) is 1. The zero-order valence-corrected chi connectivity index (χ0v) is 14.9. The normalized spacial score (nSPS) is 38.7. The van der Waals surface area contributed by atoms with E-state index in [0.717, 1.165) is 23.9 Å². The zero-order valence-electron chi connectivity index (χ0n) is 14.9. The highest BCUT2D eigenvalue weighted by Gasteiger charge is 2.68. The quantitative estimate of drug-likeness (QED) is 0.481. The third-order valence-corrected chi connectivity index (χ3v) is 6.99. The Labute approximate surface area is 147 Å². The number of likely N-dealkylation sites (tertiary alicyclic amines) is 1. The van der Waals surface area contributed by atoms with Crippen LogP contribution in [0, 0.1) is 5.92 Å². The van der Waals surface area contributed by atoms with E-state index in [1.807, 2.05) is 6.08 Å². The van der Waals surface area contributed by atoms with E-state index in [4.69, 9.17) is 9.47 Å². The van der Waals surface area contributed by atoms with Crippen molar-refractivity contribution in [2.24, 2.45) is 5.92 Å². The molecule has 1 fully saturated rings. The van der Waals surface area contributed by atoms with E-state index in [0.29, 0.717) is 17.7 Å². The van der Waals surface area contributed by atoms with Gasteiger partial charge in [-0.3, -0.25) is 4.79 Å². The molecule has 2 heterocycles. The molecule has 0 aromatic heterocycles. The number of phenols is 1. The lowest BCUT2D eigenvalue weighted by atomic mass is 9.53. The highest BCUT2D eigenvalue weighted by Crippen LogP contribution is 2.63. The predicted molar refractivity (Wildman–Crippen MR) is 91.5 cm³/mol. The van der Waals surface area contributed by atoms with Crippen LogP contribution in [-0.4, -0.2) is 54.4 Å². The summed E-state index contributed by atoms with van der Waals surface area (Å²) in [5.74, 6) is 0.844. The number of hydrogen-bond donors (Lipinski definition) is 1. The Morgan fingerprint density at radius 3 is 2.92 bits per heavy atom. The van der Waals surface area contributed by atoms with Crippen LogP contribution in [0.15, 0.2) is 24.3 Å². The largest absolute Gasteiger partial charge is 0.504 e. The second kappa shape index (κ2) is 4.58. The van der Waals surface area contributed by atoms with Gasteiger partial charge in [-0.15, -0.1) is 0 Å². The molecule has 1 aromatic rings. The van der Waals surface area contributed by atoms with E-state index in [9.17, 15) is 9.90 Å². The Bertz CT molecular complexity index is 814. The van der Waals surface area contributed by atoms with E-state index in [1.54, 1.807) is 6.07 Å². The summed E-state index contributed by atoms with van der Waals surface area (Å²) in [6, 6.07) is 4.26. The Morgan fingerprint density at radius 1 is 1.36 bits per heavy atom. The number of hydrogen-bond acceptors (Lipinski definition) is 4. The van der Waals surface area contributed by atoms with Gasteiger partial charge in [0.25, 0.3) is 0 Å². The first kappa shape index (κ1) is 15.3. The number of phenolic OH excluding ortho intramolecular Hbond substituents is 1. The van der Waals surface area contributed by atoms with Gasteiger partial charge in [-0.05, 0) is 17.7 Å². The molecule has 132 valence electrons. The van der Waals surface area contributed by atoms with Crippen LogP contribution in [0.4, 0.5) is 0 Å². The third kappa shape index (κ3) is 1.74. The smallest absolute Gasteiger partial charge is 0.303 e. The molecule has 1 saturated heterocycles. The monoisotopic (exact) mass is 342 g/mol. The van der Waals surface area contributed by atoms with Crippen LogP contribution in [0.5, 0.6) is 11.5 Å². The molecular weight excluding hydrogens is 318 g/mol. The summed E-state index contributed by atoms with van der Waals surface area (Å²) in [5.41, 5.74) is 2.24. The molecule has 4 aliphatic rings. The molecular formula is C20H24NO4+. The van der Waals surface area contributed by atoms with Gasteiger partial charge in [0.1, 0.15) is 6.04 Å². The van der Waals surface area contributed by atoms with Gasteiger partial charge >= 0.3 is 5.97 Å². The number of aromatic hydroxyl groups is 1. The summed E-state index contributed by atoms with van der Waals surface area (Å²) in [7, 11) is 4.61. The maximum atomic E-state index is 11.6. The minimum absolute atomic E-state index is 0.195. The molecule has 1 N–H and O–H groups in total. The van der Waals surface area contributed by atoms with Crippen LogP contribution in [0.2, 0.25) is 0 Å². The van der Waals surface area contributed by atoms with Crippen molar-refractivity contribution >= 4 is 5.97 Å². The average Bonchev–Trinajstić information content (AvgIpc) is 2.90. The molecule has 0 radical (unpaired) electrons. The van der Waals surface area contributed by atoms with Gasteiger partial charge in [0.05, 0.1) is 26.1 Å². The van der Waals surface area contributed by atoms with E-state index >= 15 is 0 Å². The summed E-state index contributed by atoms with van der Waals surface area (Å²) in [4.78, 5) is 11.6. The predicted octanol–water partition coefficient (Wildman–Crippen LogP) is 1.91. The van der Waals surface area contributed by atoms with Gasteiger partial charge in [-0.2, -0.15) is 0 Å². The molecule has 1 spiro atoms. The van der Waals surface area contributed by atoms with Crippen LogP contribution < -0.4 is 4.74 Å². The van der Waals surface area contributed by atoms with Crippen LogP contribution in [0.25, 0.3) is 0 Å². The number of rotatable bonds is 1. The van der Waals surface area contributed by atoms with Gasteiger partial charge in [0, 0.05) is 31.2 Å². The summed E-state index contributed by atoms with van der Waals surface area (Å²) >= 11 is 0. The first-order valence-electron chi connectivity index (χ1n) is 9.05. The van der Waals surface area contributed by atoms with E-state index in [2.05, 4.69) is 26.2 Å². The van der Waals surface area contributed by atoms with Crippen molar-refractivity contribution in [2.45, 2.75) is 43.4 Å². The lowest BCUT2D eigenvalue weighted by Crippen LogP contribution is -2.70. The topological polar surface area (TPSA) is 55.8 Å². The minimum atomic E-state index is -0.402. The summed E-state index contributed by atoms with van der Waals surface area (Å²) in [6.07, 6.45) is 5.55. The van der Waals surface area contributed by atoms with Gasteiger partial charge in [0.2, 0.25) is 0 Å². The first-order chi connectivity index (χ1) is 11.8. The van der Waals surface area contributed by atoms with Crippen LogP contribution in [0.1, 0.15) is 24.5 Å². The molecule has 2 unspecified atom stereocenters. The number of quaternary nitrogens is 1. The van der Waals surface area contributed by atoms with Crippen molar-refractivity contribution in [3.63, 3.8) is 0 Å². The third-order valence-electron chi connectivity index (χ3n) is 6.99. The van der Waals surface area contributed by atoms with E-state index < -0.39 is 6.10 Å². The lowest BCUT2D eigenvalue weighted by Gasteiger charge is -2.58. The maximum Gasteiger partial charge on any atom is 0.303 e. The molecule has 0 amide bonds. The molecule has 2 aliphatic carbocycles. The number of piperidine rings is 1. The fourth-order valence-electron chi connectivity index (χ4n) is 5.88. The van der Waals surface area contributed by atoms with Gasteiger partial charge < -0.3 is 19.1 Å². The second-order valence-corrected chi connectivity index (χ2v) is 8.54. The average molecular weight is 342 g/mol. The molecule has 1 aromatic carbocycles. The highest BCUT2D eigenvalue weighted by molar-refractivity contribution is 5.67. The minimum Gasteiger partial charge on any atom is -0.504 e. The Morgan fingerprint density at radius 2 is 2.16 bits per heavy atom. The van der Waals surface area contributed by atoms with Crippen LogP contribution in [0.3, 0.4) is 0 Å². The van der Waals surface area contributed by atoms with Gasteiger partial charge in [0.15, 0.2) is 23.7 Å². The molecule has 5 heteroatoms. The van der Waals surface area contributed by atoms with Crippen LogP contribution in [-0.2, 0) is 21.4 Å². The van der Waals surface area contributed by atoms with Crippen molar-refractivity contribution in [3.8, 4) is 11.5 Å². The molecule has 5 atom stereocenters. The van der Waals surface area contributed by atoms with Crippen molar-refractivity contribution in [3.05, 3.63) is 35.4 Å². The van der Waals surface area contributed by atoms with Crippen molar-refractivity contribution in [1.82, 2.24) is 0 Å². The van der Waals surface area contributed by atoms with Crippen LogP contribution >= 0.6 is 0 Å². The number of esters is 1. The maximum absolute atomic E-state index is 11.6. The number of nitrogens with zero attached hydrogens (tertiary/aromatic N) is 1. The molecule has 5 rings (SSSR count). The fraction of sp³-hybridized carbons (Fsp3) is 0.550. The molecule has 2 bridgehead atoms. The Balaban J connectivity index is 1.75. The summed E-state index contributed by atoms with van der Waals surface area (Å²) in [6.45, 7) is 2.49. The van der Waals surface area contributed by atoms with Crippen molar-refractivity contribution < 1.29 is 23.9 Å². The Kier molecular flexibility index (Phi) is 2.80. The standard InChI is InChI=1S/C20H23NO4/c1-11(22)24-16-7-5-13-14-10-12-4-6-15(23)18-17(12)20(13,19(16)25-18)8-9-21(14,2)3/h4-7,13-14,16,19H,8-10H2,1-3H3/p+1/t13-,14+,16?,19?,20-/m0/s1. The molecule has 2 aliphatic heterocycles. The van der Waals surface area contributed by atoms with Gasteiger partial charge in [-0.1, -0.05) is 12.1 Å². The first-order valence-corrected chi connectivity index (χ1v) is 9.05. The highest BCUT2D eigenvalue weighted by atomic mass is 16.6. The number of ether oxygens (including phenoxy) is 2. The van der Waals surface area contributed by atoms with Crippen molar-refractivity contribution in [1.29, 1.82) is 0 Å². The number of carbonyl (C=O) groups excluding carboxylic acids is 1. The Hall–Kier alpha value is -2.01. The van der Waals surface area contributed by atoms with E-state index in [1.165, 1.54) is 18.1 Å². The van der Waals surface area contributed by atoms with E-state index in [-0.39, 0.29) is 23.2 Å². The summed E-state index contributed by atoms with van der Waals surface area (Å²) in [5, 5.41) is 10.4. The molecule has 0 saturated carbocycles. The summed E-state index contributed by atoms with van der Waals surface area (Å²) < 4.78 is 12.9. The zero-order chi connectivity index (χ0) is 17.6. The van der Waals surface area contributed by atoms with Gasteiger partial charge in [-0.25, -0.2) is 0 Å². The molecule has 25 heavy (non-hydrogen) atoms. The number of benzene rings is 1. The SMILES string of the molecule is CC(=O)OC1C=C[C@H]2[C@H]3Cc4ccc(O)c5c4[C@@]2(CC[N+]3(C)C)C1O5. The lowest BCUT2D eigenvalue weighted by molar-refractivity contribution is -0.926.